The van der Waals surface area contributed by atoms with Gasteiger partial charge in [0, 0.05) is 0 Å². The number of carbonyl (C=O) groups is 1. The Hall–Kier alpha value is -1.57. The van der Waals surface area contributed by atoms with Crippen LogP contribution in [0.25, 0.3) is 5.57 Å². The Bertz CT molecular complexity index is 485. The molecule has 2 aliphatic carbocycles. The third-order valence-electron chi connectivity index (χ3n) is 3.70. The van der Waals surface area contributed by atoms with E-state index in [0.29, 0.717) is 0 Å². The van der Waals surface area contributed by atoms with Gasteiger partial charge in [0.2, 0.25) is 0 Å². The predicted octanol–water partition coefficient (Wildman–Crippen LogP) is 3.20. The minimum Gasteiger partial charge on any atom is -0.481 e. The van der Waals surface area contributed by atoms with Gasteiger partial charge in [-0.2, -0.15) is 0 Å². The molecule has 0 spiro atoms. The maximum Gasteiger partial charge on any atom is 0.315 e. The second-order valence-electron chi connectivity index (χ2n) is 4.57. The van der Waals surface area contributed by atoms with E-state index in [9.17, 15) is 9.90 Å². The maximum absolute atomic E-state index is 11.4. The summed E-state index contributed by atoms with van der Waals surface area (Å²) < 4.78 is 0. The molecule has 2 aliphatic rings. The maximum atomic E-state index is 11.4. The average molecular weight is 214 g/mol. The molecule has 0 amide bonds. The van der Waals surface area contributed by atoms with Crippen molar-refractivity contribution in [1.82, 2.24) is 0 Å². The Morgan fingerprint density at radius 2 is 1.94 bits per heavy atom. The first-order valence-electron chi connectivity index (χ1n) is 5.83. The van der Waals surface area contributed by atoms with Gasteiger partial charge in [-0.25, -0.2) is 0 Å². The highest BCUT2D eigenvalue weighted by Gasteiger charge is 2.36. The Morgan fingerprint density at radius 1 is 1.19 bits per heavy atom. The lowest BCUT2D eigenvalue weighted by Gasteiger charge is -2.16. The first-order chi connectivity index (χ1) is 7.79. The number of carboxylic acid groups (broad SMARTS) is 1. The van der Waals surface area contributed by atoms with Crippen LogP contribution in [0.4, 0.5) is 0 Å². The molecule has 0 saturated heterocycles. The lowest BCUT2D eigenvalue weighted by molar-refractivity contribution is -0.137. The zero-order valence-corrected chi connectivity index (χ0v) is 9.07. The molecule has 1 aromatic carbocycles. The molecule has 1 aromatic rings. The summed E-state index contributed by atoms with van der Waals surface area (Å²) in [6.07, 6.45) is 4.34. The molecule has 1 atom stereocenters. The molecule has 0 heterocycles. The highest BCUT2D eigenvalue weighted by Crippen LogP contribution is 2.48. The smallest absolute Gasteiger partial charge is 0.315 e. The van der Waals surface area contributed by atoms with Crippen LogP contribution in [0.15, 0.2) is 29.8 Å². The van der Waals surface area contributed by atoms with Crippen LogP contribution in [-0.4, -0.2) is 11.1 Å². The number of rotatable bonds is 1. The van der Waals surface area contributed by atoms with Crippen molar-refractivity contribution in [2.45, 2.75) is 31.6 Å². The number of carboxylic acids is 1. The second-order valence-corrected chi connectivity index (χ2v) is 4.57. The Balaban J connectivity index is 2.19. The highest BCUT2D eigenvalue weighted by molar-refractivity contribution is 5.92. The van der Waals surface area contributed by atoms with E-state index in [2.05, 4.69) is 6.07 Å². The first-order valence-corrected chi connectivity index (χ1v) is 5.83. The molecule has 82 valence electrons. The molecular formula is C14H14O2. The summed E-state index contributed by atoms with van der Waals surface area (Å²) in [6, 6.07) is 7.97. The van der Waals surface area contributed by atoms with Crippen LogP contribution in [0.1, 0.15) is 42.7 Å². The Labute approximate surface area is 94.6 Å². The van der Waals surface area contributed by atoms with Gasteiger partial charge in [0.1, 0.15) is 5.92 Å². The molecule has 0 bridgehead atoms. The van der Waals surface area contributed by atoms with Crippen molar-refractivity contribution >= 4 is 11.5 Å². The fourth-order valence-corrected chi connectivity index (χ4v) is 3.05. The molecule has 2 nitrogen and oxygen atoms in total. The van der Waals surface area contributed by atoms with Gasteiger partial charge in [0.15, 0.2) is 0 Å². The second kappa shape index (κ2) is 3.48. The molecule has 3 rings (SSSR count). The van der Waals surface area contributed by atoms with Gasteiger partial charge in [-0.15, -0.1) is 0 Å². The minimum atomic E-state index is -0.695. The van der Waals surface area contributed by atoms with Crippen LogP contribution in [-0.2, 0) is 4.79 Å². The van der Waals surface area contributed by atoms with E-state index in [-0.39, 0.29) is 5.92 Å². The number of hydrogen-bond acceptors (Lipinski definition) is 1. The predicted molar refractivity (Wildman–Crippen MR) is 62.2 cm³/mol. The summed E-state index contributed by atoms with van der Waals surface area (Å²) >= 11 is 0. The topological polar surface area (TPSA) is 37.3 Å². The Kier molecular flexibility index (Phi) is 2.10. The lowest BCUT2D eigenvalue weighted by atomic mass is 9.88. The van der Waals surface area contributed by atoms with E-state index < -0.39 is 5.97 Å². The quantitative estimate of drug-likeness (QED) is 0.779. The summed E-state index contributed by atoms with van der Waals surface area (Å²) in [7, 11) is 0. The summed E-state index contributed by atoms with van der Waals surface area (Å²) in [5.41, 5.74) is 4.67. The van der Waals surface area contributed by atoms with Gasteiger partial charge in [-0.3, -0.25) is 4.79 Å². The molecular weight excluding hydrogens is 200 g/mol. The van der Waals surface area contributed by atoms with E-state index >= 15 is 0 Å². The monoisotopic (exact) mass is 214 g/mol. The third-order valence-corrected chi connectivity index (χ3v) is 3.70. The van der Waals surface area contributed by atoms with E-state index in [1.165, 1.54) is 23.1 Å². The number of hydrogen-bond donors (Lipinski definition) is 1. The van der Waals surface area contributed by atoms with E-state index in [0.717, 1.165) is 24.8 Å². The van der Waals surface area contributed by atoms with Crippen molar-refractivity contribution in [1.29, 1.82) is 0 Å². The zero-order chi connectivity index (χ0) is 11.1. The summed E-state index contributed by atoms with van der Waals surface area (Å²) in [5, 5.41) is 9.36. The SMILES string of the molecule is O=C(O)C1C2=C(CCCC2)c2ccccc21. The molecule has 1 unspecified atom stereocenters. The van der Waals surface area contributed by atoms with Crippen LogP contribution in [0.2, 0.25) is 0 Å². The molecule has 0 saturated carbocycles. The standard InChI is InChI=1S/C14H14O2/c15-14(16)13-11-7-3-1-5-9(11)10-6-2-4-8-12(10)13/h1,3,5,7,13H,2,4,6,8H2,(H,15,16). The number of allylic oxidation sites excluding steroid dienone is 1. The molecule has 2 heteroatoms. The number of fused-ring (bicyclic) bond motifs is 2. The summed E-state index contributed by atoms with van der Waals surface area (Å²) in [5.74, 6) is -1.06. The summed E-state index contributed by atoms with van der Waals surface area (Å²) in [4.78, 5) is 11.4. The van der Waals surface area contributed by atoms with Gasteiger partial charge >= 0.3 is 5.97 Å². The molecule has 0 fully saturated rings. The molecule has 0 aromatic heterocycles. The van der Waals surface area contributed by atoms with Gasteiger partial charge in [-0.1, -0.05) is 24.3 Å². The average Bonchev–Trinajstić information content (AvgIpc) is 2.63. The zero-order valence-electron chi connectivity index (χ0n) is 9.07. The molecule has 16 heavy (non-hydrogen) atoms. The highest BCUT2D eigenvalue weighted by atomic mass is 16.4. The lowest BCUT2D eigenvalue weighted by Crippen LogP contribution is -2.12. The van der Waals surface area contributed by atoms with Crippen molar-refractivity contribution in [3.05, 3.63) is 41.0 Å². The Morgan fingerprint density at radius 3 is 2.75 bits per heavy atom. The van der Waals surface area contributed by atoms with Crippen molar-refractivity contribution in [2.24, 2.45) is 0 Å². The van der Waals surface area contributed by atoms with Gasteiger partial charge < -0.3 is 5.11 Å². The molecule has 0 aliphatic heterocycles. The first kappa shape index (κ1) is 9.64. The van der Waals surface area contributed by atoms with Crippen LogP contribution < -0.4 is 0 Å². The van der Waals surface area contributed by atoms with Crippen molar-refractivity contribution in [3.63, 3.8) is 0 Å². The molecule has 1 N–H and O–H groups in total. The van der Waals surface area contributed by atoms with Gasteiger partial charge in [-0.05, 0) is 48.0 Å². The number of aliphatic carboxylic acids is 1. The fraction of sp³-hybridized carbons (Fsp3) is 0.357. The third kappa shape index (κ3) is 1.22. The van der Waals surface area contributed by atoms with Crippen molar-refractivity contribution in [2.75, 3.05) is 0 Å². The van der Waals surface area contributed by atoms with E-state index in [4.69, 9.17) is 0 Å². The minimum absolute atomic E-state index is 0.369. The normalized spacial score (nSPS) is 22.9. The molecule has 0 radical (unpaired) electrons. The van der Waals surface area contributed by atoms with Crippen LogP contribution in [0, 0.1) is 0 Å². The van der Waals surface area contributed by atoms with E-state index in [1.54, 1.807) is 0 Å². The van der Waals surface area contributed by atoms with Crippen molar-refractivity contribution < 1.29 is 9.90 Å². The fourth-order valence-electron chi connectivity index (χ4n) is 3.05. The van der Waals surface area contributed by atoms with Gasteiger partial charge in [0.05, 0.1) is 0 Å². The summed E-state index contributed by atoms with van der Waals surface area (Å²) in [6.45, 7) is 0. The van der Waals surface area contributed by atoms with Crippen LogP contribution >= 0.6 is 0 Å². The largest absolute Gasteiger partial charge is 0.481 e. The van der Waals surface area contributed by atoms with Crippen LogP contribution in [0.5, 0.6) is 0 Å². The number of benzene rings is 1. The van der Waals surface area contributed by atoms with Crippen LogP contribution in [0.3, 0.4) is 0 Å². The van der Waals surface area contributed by atoms with Gasteiger partial charge in [0.25, 0.3) is 0 Å². The van der Waals surface area contributed by atoms with E-state index in [1.807, 2.05) is 18.2 Å². The van der Waals surface area contributed by atoms with Crippen molar-refractivity contribution in [3.8, 4) is 0 Å².